The first-order valence-corrected chi connectivity index (χ1v) is 6.50. The average Bonchev–Trinajstić information content (AvgIpc) is 2.75. The normalized spacial score (nSPS) is 21.0. The highest BCUT2D eigenvalue weighted by molar-refractivity contribution is 5.04. The van der Waals surface area contributed by atoms with E-state index in [0.29, 0.717) is 0 Å². The van der Waals surface area contributed by atoms with Gasteiger partial charge in [0.15, 0.2) is 0 Å². The van der Waals surface area contributed by atoms with E-state index in [1.165, 1.54) is 19.4 Å². The zero-order valence-electron chi connectivity index (χ0n) is 10.8. The van der Waals surface area contributed by atoms with Crippen molar-refractivity contribution in [3.63, 3.8) is 0 Å². The molecule has 5 nitrogen and oxygen atoms in total. The van der Waals surface area contributed by atoms with Crippen LogP contribution in [0, 0.1) is 12.8 Å². The summed E-state index contributed by atoms with van der Waals surface area (Å²) in [5, 5.41) is 11.2. The molecule has 1 aromatic rings. The van der Waals surface area contributed by atoms with E-state index >= 15 is 0 Å². The van der Waals surface area contributed by atoms with Gasteiger partial charge in [-0.25, -0.2) is 4.63 Å². The van der Waals surface area contributed by atoms with Crippen LogP contribution in [0.5, 0.6) is 0 Å². The van der Waals surface area contributed by atoms with Crippen molar-refractivity contribution < 1.29 is 4.63 Å². The smallest absolute Gasteiger partial charge is 0.122 e. The summed E-state index contributed by atoms with van der Waals surface area (Å²) in [5.74, 6) is 0.767. The van der Waals surface area contributed by atoms with E-state index in [-0.39, 0.29) is 0 Å². The van der Waals surface area contributed by atoms with E-state index < -0.39 is 0 Å². The lowest BCUT2D eigenvalue weighted by atomic mass is 9.99. The van der Waals surface area contributed by atoms with Gasteiger partial charge >= 0.3 is 0 Å². The molecule has 1 fully saturated rings. The SMILES string of the molecule is CCN(Cc1nonc1C)CC1CCCNC1. The lowest BCUT2D eigenvalue weighted by Crippen LogP contribution is -2.38. The van der Waals surface area contributed by atoms with Gasteiger partial charge in [0.2, 0.25) is 0 Å². The molecule has 1 saturated heterocycles. The molecule has 2 rings (SSSR count). The molecule has 96 valence electrons. The maximum atomic E-state index is 4.74. The fourth-order valence-corrected chi connectivity index (χ4v) is 2.36. The number of rotatable bonds is 5. The van der Waals surface area contributed by atoms with Gasteiger partial charge in [-0.05, 0) is 45.3 Å². The van der Waals surface area contributed by atoms with Crippen LogP contribution in [0.15, 0.2) is 4.63 Å². The Morgan fingerprint density at radius 2 is 2.35 bits per heavy atom. The summed E-state index contributed by atoms with van der Waals surface area (Å²) in [6.07, 6.45) is 2.63. The third kappa shape index (κ3) is 3.51. The van der Waals surface area contributed by atoms with Gasteiger partial charge in [0.25, 0.3) is 0 Å². The first-order valence-electron chi connectivity index (χ1n) is 6.50. The van der Waals surface area contributed by atoms with Gasteiger partial charge in [-0.3, -0.25) is 4.90 Å². The number of aromatic nitrogens is 2. The Kier molecular flexibility index (Phi) is 4.50. The number of aryl methyl sites for hydroxylation is 1. The maximum Gasteiger partial charge on any atom is 0.122 e. The second-order valence-electron chi connectivity index (χ2n) is 4.84. The largest absolute Gasteiger partial charge is 0.316 e. The molecule has 1 aromatic heterocycles. The molecule has 0 bridgehead atoms. The van der Waals surface area contributed by atoms with Gasteiger partial charge in [-0.15, -0.1) is 0 Å². The van der Waals surface area contributed by atoms with Crippen molar-refractivity contribution in [3.05, 3.63) is 11.4 Å². The first-order chi connectivity index (χ1) is 8.29. The monoisotopic (exact) mass is 238 g/mol. The van der Waals surface area contributed by atoms with Crippen LogP contribution in [0.25, 0.3) is 0 Å². The Balaban J connectivity index is 1.85. The van der Waals surface area contributed by atoms with Gasteiger partial charge in [-0.2, -0.15) is 0 Å². The molecular formula is C12H22N4O. The highest BCUT2D eigenvalue weighted by Crippen LogP contribution is 2.14. The fraction of sp³-hybridized carbons (Fsp3) is 0.833. The molecule has 0 radical (unpaired) electrons. The lowest BCUT2D eigenvalue weighted by Gasteiger charge is -2.28. The summed E-state index contributed by atoms with van der Waals surface area (Å²) in [6.45, 7) is 9.49. The van der Waals surface area contributed by atoms with E-state index in [4.69, 9.17) is 4.63 Å². The van der Waals surface area contributed by atoms with Gasteiger partial charge in [0.05, 0.1) is 0 Å². The molecule has 0 aromatic carbocycles. The standard InChI is InChI=1S/C12H22N4O/c1-3-16(8-11-5-4-6-13-7-11)9-12-10(2)14-17-15-12/h11,13H,3-9H2,1-2H3. The summed E-state index contributed by atoms with van der Waals surface area (Å²) in [7, 11) is 0. The first kappa shape index (κ1) is 12.5. The predicted octanol–water partition coefficient (Wildman–Crippen LogP) is 1.20. The lowest BCUT2D eigenvalue weighted by molar-refractivity contribution is 0.203. The van der Waals surface area contributed by atoms with Crippen molar-refractivity contribution >= 4 is 0 Å². The highest BCUT2D eigenvalue weighted by Gasteiger charge is 2.17. The molecule has 1 unspecified atom stereocenters. The van der Waals surface area contributed by atoms with Gasteiger partial charge in [0, 0.05) is 13.1 Å². The maximum absolute atomic E-state index is 4.74. The molecular weight excluding hydrogens is 216 g/mol. The molecule has 2 heterocycles. The van der Waals surface area contributed by atoms with Crippen molar-refractivity contribution in [1.82, 2.24) is 20.5 Å². The minimum Gasteiger partial charge on any atom is -0.316 e. The van der Waals surface area contributed by atoms with Gasteiger partial charge < -0.3 is 5.32 Å². The van der Waals surface area contributed by atoms with E-state index in [0.717, 1.165) is 43.5 Å². The number of piperidine rings is 1. The van der Waals surface area contributed by atoms with Crippen LogP contribution in [-0.2, 0) is 6.54 Å². The molecule has 1 N–H and O–H groups in total. The Hall–Kier alpha value is -0.940. The average molecular weight is 238 g/mol. The quantitative estimate of drug-likeness (QED) is 0.835. The number of hydrogen-bond acceptors (Lipinski definition) is 5. The van der Waals surface area contributed by atoms with Crippen LogP contribution < -0.4 is 5.32 Å². The minimum absolute atomic E-state index is 0.767. The third-order valence-corrected chi connectivity index (χ3v) is 3.48. The topological polar surface area (TPSA) is 54.2 Å². The second kappa shape index (κ2) is 6.12. The van der Waals surface area contributed by atoms with Crippen LogP contribution >= 0.6 is 0 Å². The highest BCUT2D eigenvalue weighted by atomic mass is 16.6. The number of nitrogens with zero attached hydrogens (tertiary/aromatic N) is 3. The van der Waals surface area contributed by atoms with Crippen molar-refractivity contribution in [2.75, 3.05) is 26.2 Å². The minimum atomic E-state index is 0.767. The predicted molar refractivity (Wildman–Crippen MR) is 65.6 cm³/mol. The summed E-state index contributed by atoms with van der Waals surface area (Å²) in [5.41, 5.74) is 1.88. The summed E-state index contributed by atoms with van der Waals surface area (Å²) < 4.78 is 4.74. The summed E-state index contributed by atoms with van der Waals surface area (Å²) in [4.78, 5) is 2.42. The van der Waals surface area contributed by atoms with Crippen LogP contribution in [0.1, 0.15) is 31.2 Å². The van der Waals surface area contributed by atoms with E-state index in [2.05, 4.69) is 27.5 Å². The molecule has 0 aliphatic carbocycles. The molecule has 0 amide bonds. The van der Waals surface area contributed by atoms with Crippen molar-refractivity contribution in [2.24, 2.45) is 5.92 Å². The Bertz CT molecular complexity index is 333. The third-order valence-electron chi connectivity index (χ3n) is 3.48. The second-order valence-corrected chi connectivity index (χ2v) is 4.84. The fourth-order valence-electron chi connectivity index (χ4n) is 2.36. The van der Waals surface area contributed by atoms with Crippen molar-refractivity contribution in [2.45, 2.75) is 33.2 Å². The Morgan fingerprint density at radius 1 is 1.47 bits per heavy atom. The molecule has 0 saturated carbocycles. The summed E-state index contributed by atoms with van der Waals surface area (Å²) >= 11 is 0. The van der Waals surface area contributed by atoms with Crippen LogP contribution in [-0.4, -0.2) is 41.4 Å². The van der Waals surface area contributed by atoms with E-state index in [1.54, 1.807) is 0 Å². The van der Waals surface area contributed by atoms with Gasteiger partial charge in [-0.1, -0.05) is 17.2 Å². The Labute approximate surface area is 103 Å². The van der Waals surface area contributed by atoms with Crippen LogP contribution in [0.3, 0.4) is 0 Å². The van der Waals surface area contributed by atoms with Gasteiger partial charge in [0.1, 0.15) is 11.4 Å². The van der Waals surface area contributed by atoms with Crippen molar-refractivity contribution in [3.8, 4) is 0 Å². The van der Waals surface area contributed by atoms with Crippen LogP contribution in [0.2, 0.25) is 0 Å². The summed E-state index contributed by atoms with van der Waals surface area (Å²) in [6, 6.07) is 0. The van der Waals surface area contributed by atoms with E-state index in [9.17, 15) is 0 Å². The zero-order chi connectivity index (χ0) is 12.1. The molecule has 5 heteroatoms. The molecule has 1 atom stereocenters. The van der Waals surface area contributed by atoms with Crippen LogP contribution in [0.4, 0.5) is 0 Å². The van der Waals surface area contributed by atoms with Crippen molar-refractivity contribution in [1.29, 1.82) is 0 Å². The number of hydrogen-bond donors (Lipinski definition) is 1. The van der Waals surface area contributed by atoms with E-state index in [1.807, 2.05) is 6.92 Å². The zero-order valence-corrected chi connectivity index (χ0v) is 10.8. The molecule has 1 aliphatic rings. The Morgan fingerprint density at radius 3 is 2.94 bits per heavy atom. The molecule has 1 aliphatic heterocycles. The molecule has 0 spiro atoms. The molecule has 17 heavy (non-hydrogen) atoms. The number of nitrogens with one attached hydrogen (secondary N) is 1.